The first-order valence-corrected chi connectivity index (χ1v) is 6.85. The molecule has 0 bridgehead atoms. The van der Waals surface area contributed by atoms with Crippen LogP contribution in [0.3, 0.4) is 0 Å². The Kier molecular flexibility index (Phi) is 5.42. The highest BCUT2D eigenvalue weighted by atomic mass is 14.4. The highest BCUT2D eigenvalue weighted by Crippen LogP contribution is 2.48. The molecule has 0 N–H and O–H groups in total. The predicted molar refractivity (Wildman–Crippen MR) is 68.9 cm³/mol. The SMILES string of the molecule is CCC=CC(C)CCC1CC1C(C)CC. The topological polar surface area (TPSA) is 0 Å². The Hall–Kier alpha value is -0.260. The summed E-state index contributed by atoms with van der Waals surface area (Å²) >= 11 is 0. The van der Waals surface area contributed by atoms with E-state index in [2.05, 4.69) is 39.8 Å². The molecular formula is C15H28. The number of hydrogen-bond acceptors (Lipinski definition) is 0. The third kappa shape index (κ3) is 4.40. The Bertz CT molecular complexity index is 192. The van der Waals surface area contributed by atoms with E-state index in [0.29, 0.717) is 0 Å². The molecule has 0 heterocycles. The van der Waals surface area contributed by atoms with E-state index in [1.807, 2.05) is 0 Å². The molecule has 0 nitrogen and oxygen atoms in total. The summed E-state index contributed by atoms with van der Waals surface area (Å²) in [5, 5.41) is 0. The highest BCUT2D eigenvalue weighted by molar-refractivity contribution is 4.91. The van der Waals surface area contributed by atoms with Crippen molar-refractivity contribution in [2.45, 2.75) is 59.8 Å². The maximum atomic E-state index is 2.42. The zero-order valence-corrected chi connectivity index (χ0v) is 11.0. The van der Waals surface area contributed by atoms with Gasteiger partial charge in [0.05, 0.1) is 0 Å². The van der Waals surface area contributed by atoms with Gasteiger partial charge >= 0.3 is 0 Å². The molecule has 15 heavy (non-hydrogen) atoms. The number of allylic oxidation sites excluding steroid dienone is 2. The molecule has 4 unspecified atom stereocenters. The Morgan fingerprint density at radius 2 is 2.00 bits per heavy atom. The van der Waals surface area contributed by atoms with Crippen molar-refractivity contribution in [1.29, 1.82) is 0 Å². The Morgan fingerprint density at radius 3 is 2.60 bits per heavy atom. The van der Waals surface area contributed by atoms with Crippen LogP contribution >= 0.6 is 0 Å². The molecule has 0 saturated heterocycles. The largest absolute Gasteiger partial charge is 0.0885 e. The lowest BCUT2D eigenvalue weighted by molar-refractivity contribution is 0.437. The van der Waals surface area contributed by atoms with Gasteiger partial charge in [-0.1, -0.05) is 46.3 Å². The third-order valence-electron chi connectivity index (χ3n) is 4.05. The van der Waals surface area contributed by atoms with Crippen molar-refractivity contribution >= 4 is 0 Å². The fraction of sp³-hybridized carbons (Fsp3) is 0.867. The maximum Gasteiger partial charge on any atom is -0.0262 e. The summed E-state index contributed by atoms with van der Waals surface area (Å²) in [6.07, 6.45) is 11.6. The van der Waals surface area contributed by atoms with Crippen LogP contribution in [0.25, 0.3) is 0 Å². The molecule has 0 heteroatoms. The van der Waals surface area contributed by atoms with E-state index in [0.717, 1.165) is 23.7 Å². The summed E-state index contributed by atoms with van der Waals surface area (Å²) in [6.45, 7) is 9.31. The van der Waals surface area contributed by atoms with Gasteiger partial charge in [-0.2, -0.15) is 0 Å². The minimum absolute atomic E-state index is 0.795. The van der Waals surface area contributed by atoms with Gasteiger partial charge in [-0.15, -0.1) is 0 Å². The second-order valence-corrected chi connectivity index (χ2v) is 5.44. The van der Waals surface area contributed by atoms with Crippen LogP contribution in [-0.2, 0) is 0 Å². The third-order valence-corrected chi connectivity index (χ3v) is 4.05. The second-order valence-electron chi connectivity index (χ2n) is 5.44. The van der Waals surface area contributed by atoms with Crippen molar-refractivity contribution in [3.8, 4) is 0 Å². The zero-order valence-electron chi connectivity index (χ0n) is 11.0. The Balaban J connectivity index is 2.10. The molecule has 0 aromatic rings. The van der Waals surface area contributed by atoms with Gasteiger partial charge in [0.25, 0.3) is 0 Å². The number of rotatable bonds is 7. The molecule has 0 amide bonds. The fourth-order valence-electron chi connectivity index (χ4n) is 2.54. The summed E-state index contributed by atoms with van der Waals surface area (Å²) in [5.41, 5.74) is 0. The molecule has 0 aliphatic heterocycles. The molecule has 1 aliphatic carbocycles. The van der Waals surface area contributed by atoms with Crippen LogP contribution < -0.4 is 0 Å². The lowest BCUT2D eigenvalue weighted by atomic mass is 9.97. The van der Waals surface area contributed by atoms with Crippen LogP contribution in [0.5, 0.6) is 0 Å². The van der Waals surface area contributed by atoms with Crippen LogP contribution in [-0.4, -0.2) is 0 Å². The predicted octanol–water partition coefficient (Wildman–Crippen LogP) is 5.05. The molecule has 4 atom stereocenters. The van der Waals surface area contributed by atoms with Crippen molar-refractivity contribution < 1.29 is 0 Å². The minimum Gasteiger partial charge on any atom is -0.0885 e. The molecule has 0 aromatic heterocycles. The molecule has 1 saturated carbocycles. The van der Waals surface area contributed by atoms with Crippen molar-refractivity contribution in [3.63, 3.8) is 0 Å². The number of hydrogen-bond donors (Lipinski definition) is 0. The van der Waals surface area contributed by atoms with Gasteiger partial charge < -0.3 is 0 Å². The minimum atomic E-state index is 0.795. The van der Waals surface area contributed by atoms with Crippen LogP contribution in [0.1, 0.15) is 59.8 Å². The average molecular weight is 208 g/mol. The molecule has 1 rings (SSSR count). The normalized spacial score (nSPS) is 29.3. The molecule has 88 valence electrons. The molecule has 0 aromatic carbocycles. The first-order valence-electron chi connectivity index (χ1n) is 6.85. The van der Waals surface area contributed by atoms with Gasteiger partial charge in [0.2, 0.25) is 0 Å². The summed E-state index contributed by atoms with van der Waals surface area (Å²) in [7, 11) is 0. The molecule has 0 spiro atoms. The fourth-order valence-corrected chi connectivity index (χ4v) is 2.54. The maximum absolute atomic E-state index is 2.42. The average Bonchev–Trinajstić information content (AvgIpc) is 3.01. The Labute approximate surface area is 96.2 Å². The monoisotopic (exact) mass is 208 g/mol. The molecular weight excluding hydrogens is 180 g/mol. The van der Waals surface area contributed by atoms with Crippen molar-refractivity contribution in [3.05, 3.63) is 12.2 Å². The van der Waals surface area contributed by atoms with Gasteiger partial charge in [-0.05, 0) is 49.4 Å². The van der Waals surface area contributed by atoms with Gasteiger partial charge in [0.15, 0.2) is 0 Å². The lowest BCUT2D eigenvalue weighted by Gasteiger charge is -2.08. The van der Waals surface area contributed by atoms with Crippen LogP contribution in [0.2, 0.25) is 0 Å². The van der Waals surface area contributed by atoms with E-state index in [-0.39, 0.29) is 0 Å². The summed E-state index contributed by atoms with van der Waals surface area (Å²) < 4.78 is 0. The van der Waals surface area contributed by atoms with Crippen LogP contribution in [0, 0.1) is 23.7 Å². The zero-order chi connectivity index (χ0) is 11.3. The lowest BCUT2D eigenvalue weighted by Crippen LogP contribution is -1.98. The molecule has 1 fully saturated rings. The van der Waals surface area contributed by atoms with Gasteiger partial charge in [-0.25, -0.2) is 0 Å². The van der Waals surface area contributed by atoms with E-state index in [9.17, 15) is 0 Å². The molecule has 1 aliphatic rings. The quantitative estimate of drug-likeness (QED) is 0.513. The van der Waals surface area contributed by atoms with E-state index in [1.54, 1.807) is 0 Å². The molecule has 0 radical (unpaired) electrons. The van der Waals surface area contributed by atoms with Gasteiger partial charge in [0, 0.05) is 0 Å². The highest BCUT2D eigenvalue weighted by Gasteiger charge is 2.39. The van der Waals surface area contributed by atoms with Crippen LogP contribution in [0.15, 0.2) is 12.2 Å². The standard InChI is InChI=1S/C15H28/c1-5-7-8-12(3)9-10-14-11-15(14)13(4)6-2/h7-8,12-15H,5-6,9-11H2,1-4H3. The summed E-state index contributed by atoms with van der Waals surface area (Å²) in [5.74, 6) is 3.90. The van der Waals surface area contributed by atoms with Crippen molar-refractivity contribution in [1.82, 2.24) is 0 Å². The first-order chi connectivity index (χ1) is 7.19. The van der Waals surface area contributed by atoms with Gasteiger partial charge in [-0.3, -0.25) is 0 Å². The van der Waals surface area contributed by atoms with E-state index in [1.165, 1.54) is 32.1 Å². The van der Waals surface area contributed by atoms with E-state index in [4.69, 9.17) is 0 Å². The summed E-state index contributed by atoms with van der Waals surface area (Å²) in [6, 6.07) is 0. The smallest absolute Gasteiger partial charge is 0.0262 e. The summed E-state index contributed by atoms with van der Waals surface area (Å²) in [4.78, 5) is 0. The Morgan fingerprint density at radius 1 is 1.27 bits per heavy atom. The second kappa shape index (κ2) is 6.35. The van der Waals surface area contributed by atoms with Crippen LogP contribution in [0.4, 0.5) is 0 Å². The van der Waals surface area contributed by atoms with E-state index >= 15 is 0 Å². The van der Waals surface area contributed by atoms with Gasteiger partial charge in [0.1, 0.15) is 0 Å². The first kappa shape index (κ1) is 12.8. The van der Waals surface area contributed by atoms with Crippen molar-refractivity contribution in [2.75, 3.05) is 0 Å². The van der Waals surface area contributed by atoms with Crippen molar-refractivity contribution in [2.24, 2.45) is 23.7 Å². The van der Waals surface area contributed by atoms with E-state index < -0.39 is 0 Å².